The lowest BCUT2D eigenvalue weighted by molar-refractivity contribution is -0.145. The number of carbonyl (C=O) groups is 7. The van der Waals surface area contributed by atoms with Crippen molar-refractivity contribution in [3.63, 3.8) is 0 Å². The fourth-order valence-electron chi connectivity index (χ4n) is 8.39. The maximum absolute atomic E-state index is 11.5. The fraction of sp³-hybridized carbons (Fsp3) is 0.293. The van der Waals surface area contributed by atoms with Crippen molar-refractivity contribution in [3.8, 4) is 22.9 Å². The van der Waals surface area contributed by atoms with Gasteiger partial charge in [-0.3, -0.25) is 33.9 Å². The van der Waals surface area contributed by atoms with Crippen LogP contribution in [0.15, 0.2) is 145 Å². The van der Waals surface area contributed by atoms with Crippen LogP contribution < -0.4 is 27.0 Å². The monoisotopic (exact) mass is 1740 g/mol. The number of nitrogens with zero attached hydrogens (tertiary/aromatic N) is 7. The Kier molecular flexibility index (Phi) is 52.9. The van der Waals surface area contributed by atoms with Crippen molar-refractivity contribution in [2.24, 2.45) is 0 Å². The number of halogens is 9. The molecule has 0 saturated heterocycles. The number of aromatic nitrogens is 7. The zero-order valence-electron chi connectivity index (χ0n) is 61.5. The molecule has 0 unspecified atom stereocenters. The lowest BCUT2D eigenvalue weighted by atomic mass is 10.1. The van der Waals surface area contributed by atoms with Crippen molar-refractivity contribution in [2.75, 3.05) is 62.0 Å². The van der Waals surface area contributed by atoms with Crippen LogP contribution in [0.4, 0.5) is 17.1 Å². The zero-order valence-corrected chi connectivity index (χ0v) is 69.2. The number of carbonyl (C=O) groups excluding carboxylic acids is 7. The molecule has 7 N–H and O–H groups in total. The lowest BCUT2D eigenvalue weighted by Crippen LogP contribution is -2.21. The van der Waals surface area contributed by atoms with Crippen LogP contribution in [-0.2, 0) is 57.5 Å². The second kappa shape index (κ2) is 57.7. The number of aldehydes is 1. The highest BCUT2D eigenvalue weighted by Crippen LogP contribution is 2.61. The number of anilines is 3. The molecular weight excluding hydrogens is 1660 g/mol. The number of H-pyrrole nitrogens is 1. The highest BCUT2D eigenvalue weighted by molar-refractivity contribution is 8.24. The van der Waals surface area contributed by atoms with E-state index in [9.17, 15) is 42.9 Å². The highest BCUT2D eigenvalue weighted by atomic mass is 36.0. The summed E-state index contributed by atoms with van der Waals surface area (Å²) in [6.07, 6.45) is 9.40. The summed E-state index contributed by atoms with van der Waals surface area (Å²) in [5.74, 6) is -3.10. The van der Waals surface area contributed by atoms with Gasteiger partial charge in [-0.05, 0) is 144 Å². The third kappa shape index (κ3) is 41.8. The van der Waals surface area contributed by atoms with Crippen LogP contribution in [0.25, 0.3) is 22.0 Å². The minimum atomic E-state index is -3.22. The van der Waals surface area contributed by atoms with E-state index in [2.05, 4.69) is 95.1 Å². The predicted octanol–water partition coefficient (Wildman–Crippen LogP) is 18.3. The number of aromatic amines is 1. The molecule has 0 atom stereocenters. The van der Waals surface area contributed by atoms with E-state index >= 15 is 0 Å². The van der Waals surface area contributed by atoms with Crippen molar-refractivity contribution in [1.82, 2.24) is 34.5 Å². The molecule has 0 aliphatic carbocycles. The number of aromatic hydroxyl groups is 1. The third-order valence-electron chi connectivity index (χ3n) is 12.9. The number of esters is 4. The first-order valence-electron chi connectivity index (χ1n) is 33.3. The Morgan fingerprint density at radius 2 is 1.06 bits per heavy atom. The number of aliphatic hydroxyl groups is 1. The SMILES string of the molecule is C.CCNc1cc(Cl)ncc1C(=O)OCC.CCNc1cc(Cl)ncc1C=O.CCNc1cc(Cl)ncc1CO.CCOC(=O)CC(=O)CC(C)=O.CCOC(=O)c1c[nH]c(=O)cc1O.CCOC(=O)c1cnc(Cl)cc1Cl.CCn1c(=N)c(-c2ccccc2)cc2cnc(Cl)cc21.N#CCc1ccccc1.O=P(Cl)(Cl)Cl. The van der Waals surface area contributed by atoms with Crippen LogP contribution in [0.3, 0.4) is 0 Å². The van der Waals surface area contributed by atoms with Crippen LogP contribution in [0.5, 0.6) is 5.75 Å². The van der Waals surface area contributed by atoms with E-state index in [4.69, 9.17) is 100.0 Å². The van der Waals surface area contributed by atoms with Gasteiger partial charge in [0.1, 0.15) is 60.3 Å². The van der Waals surface area contributed by atoms with Gasteiger partial charge in [-0.2, -0.15) is 5.26 Å². The molecule has 0 saturated carbocycles. The average molecular weight is 1750 g/mol. The van der Waals surface area contributed by atoms with E-state index in [-0.39, 0.29) is 78.7 Å². The molecule has 9 aromatic rings. The summed E-state index contributed by atoms with van der Waals surface area (Å²) in [4.78, 5) is 108. The van der Waals surface area contributed by atoms with Crippen molar-refractivity contribution in [3.05, 3.63) is 220 Å². The average Bonchev–Trinajstić information content (AvgIpc) is 0.775. The number of aryl methyl sites for hydroxylation is 1. The number of nitrogens with one attached hydrogen (secondary N) is 5. The summed E-state index contributed by atoms with van der Waals surface area (Å²) >= 11 is 48.2. The first-order valence-corrected chi connectivity index (χ1v) is 39.9. The van der Waals surface area contributed by atoms with Gasteiger partial charge in [-0.25, -0.2) is 39.3 Å². The Morgan fingerprint density at radius 3 is 1.55 bits per heavy atom. The topological polar surface area (TPSA) is 400 Å². The molecule has 604 valence electrons. The summed E-state index contributed by atoms with van der Waals surface area (Å²) < 4.78 is 30.2. The number of fused-ring (bicyclic) bond motifs is 1. The summed E-state index contributed by atoms with van der Waals surface area (Å²) in [5, 5.41) is 43.8. The normalized spacial score (nSPS) is 9.77. The number of rotatable bonds is 22. The zero-order chi connectivity index (χ0) is 83.6. The molecule has 0 radical (unpaired) electrons. The van der Waals surface area contributed by atoms with E-state index in [0.717, 1.165) is 82.7 Å². The summed E-state index contributed by atoms with van der Waals surface area (Å²) in [5.41, 5.74) is 8.11. The number of hydrogen-bond acceptors (Lipinski definition) is 25. The molecule has 0 amide bonds. The third-order valence-corrected chi connectivity index (χ3v) is 14.3. The van der Waals surface area contributed by atoms with Gasteiger partial charge in [0, 0.05) is 97.3 Å². The second-order valence-electron chi connectivity index (χ2n) is 21.1. The van der Waals surface area contributed by atoms with Crippen molar-refractivity contribution < 1.29 is 67.3 Å². The number of aliphatic hydroxyl groups excluding tert-OH is 1. The van der Waals surface area contributed by atoms with Gasteiger partial charge >= 0.3 is 29.1 Å². The second-order valence-corrected chi connectivity index (χ2v) is 30.1. The maximum Gasteiger partial charge on any atom is 0.343 e. The van der Waals surface area contributed by atoms with Gasteiger partial charge in [0.2, 0.25) is 0 Å². The van der Waals surface area contributed by atoms with Gasteiger partial charge in [-0.1, -0.05) is 138 Å². The van der Waals surface area contributed by atoms with Gasteiger partial charge in [0.25, 0.3) is 5.56 Å². The number of Topliss-reactive ketones (excluding diaryl/α,β-unsaturated/α-hetero) is 2. The van der Waals surface area contributed by atoms with Crippen molar-refractivity contribution >= 4 is 178 Å². The number of benzene rings is 2. The van der Waals surface area contributed by atoms with Gasteiger partial charge in [0.05, 0.1) is 79.3 Å². The molecule has 0 fully saturated rings. The molecule has 0 aliphatic rings. The minimum absolute atomic E-state index is 0. The fourth-order valence-corrected chi connectivity index (χ4v) is 9.46. The van der Waals surface area contributed by atoms with Crippen LogP contribution in [0.1, 0.15) is 135 Å². The number of pyridine rings is 7. The molecule has 37 heteroatoms. The first kappa shape index (κ1) is 103. The molecule has 0 aliphatic heterocycles. The van der Waals surface area contributed by atoms with Gasteiger partial charge in [0.15, 0.2) is 12.1 Å². The molecule has 112 heavy (non-hydrogen) atoms. The molecule has 2 aromatic carbocycles. The number of nitriles is 1. The minimum Gasteiger partial charge on any atom is -0.507 e. The largest absolute Gasteiger partial charge is 0.507 e. The summed E-state index contributed by atoms with van der Waals surface area (Å²) in [6, 6.07) is 32.9. The number of ether oxygens (including phenoxy) is 4. The van der Waals surface area contributed by atoms with Crippen LogP contribution in [-0.4, -0.2) is 132 Å². The number of ketones is 2. The number of hydrogen-bond donors (Lipinski definition) is 7. The molecular formula is C75H86Cl9N12O15P. The Labute approximate surface area is 693 Å². The Hall–Kier alpha value is -9.27. The maximum atomic E-state index is 11.5. The van der Waals surface area contributed by atoms with Crippen LogP contribution >= 0.6 is 109 Å². The van der Waals surface area contributed by atoms with Gasteiger partial charge in [-0.15, -0.1) is 0 Å². The molecule has 7 heterocycles. The van der Waals surface area contributed by atoms with E-state index in [1.165, 1.54) is 31.6 Å². The highest BCUT2D eigenvalue weighted by Gasteiger charge is 2.17. The molecule has 0 bridgehead atoms. The van der Waals surface area contributed by atoms with E-state index in [1.807, 2.05) is 105 Å². The van der Waals surface area contributed by atoms with E-state index in [1.54, 1.807) is 58.3 Å². The lowest BCUT2D eigenvalue weighted by Gasteiger charge is -2.13. The molecule has 27 nitrogen and oxygen atoms in total. The quantitative estimate of drug-likeness (QED) is 0.00827. The molecule has 7 aromatic heterocycles. The smallest absolute Gasteiger partial charge is 0.343 e. The Balaban J connectivity index is 0.00000126. The molecule has 0 spiro atoms. The van der Waals surface area contributed by atoms with E-state index < -0.39 is 34.6 Å². The Morgan fingerprint density at radius 1 is 0.607 bits per heavy atom. The van der Waals surface area contributed by atoms with Crippen molar-refractivity contribution in [1.29, 1.82) is 10.7 Å². The van der Waals surface area contributed by atoms with Crippen LogP contribution in [0.2, 0.25) is 30.8 Å². The summed E-state index contributed by atoms with van der Waals surface area (Å²) in [6.45, 7) is 20.1. The standard InChI is InChI=1S/C16H14ClN3.C10H13ClN2O2.C8H7Cl2NO2.C8H11ClN2O.C8H9ClN2O.C8H9NO4.C8H7N.C8H12O4.CH4.Cl3OP/c1-2-20-14-9-15(17)19-10-12(14)8-13(16(20)18)11-6-4-3-5-7-11;1-3-12-8-5-9(11)13-6-7(8)10(14)15-4-2;1-2-13-8(12)5-4-11-7(10)3-6(5)9;2*1-2-10-7-3-8(9)11-4-6(7)5-12;1-2-13-8(12)5-4-9-7(11)3-6(5)10;9-7-6-8-4-2-1-3-5-8;1-3-12-8(11)5-7(10)4-6(2)9;;1-5(2,3)4/h3-10,18H,2H2,1H3;5-6H,3-4H2,1-2H3,(H,12,13);3-4H,2H2,1H3;3-4,12H,2,5H2,1H3,(H,10,11);3-5H,2H2,1H3,(H,10,11);3-4H,2H2,1H3,(H2,9,10,11);1-5H,6H2;3-5H2,1-2H3;1H4;. The van der Waals surface area contributed by atoms with Gasteiger partial charge < -0.3 is 54.7 Å². The Bertz CT molecular complexity index is 4670. The van der Waals surface area contributed by atoms with Crippen molar-refractivity contribution in [2.45, 2.75) is 102 Å². The van der Waals surface area contributed by atoms with E-state index in [0.29, 0.717) is 69.1 Å². The van der Waals surface area contributed by atoms with Crippen LogP contribution in [0, 0.1) is 16.7 Å². The first-order chi connectivity index (χ1) is 52.7. The molecule has 9 rings (SSSR count). The predicted molar refractivity (Wildman–Crippen MR) is 443 cm³/mol. The summed E-state index contributed by atoms with van der Waals surface area (Å²) in [7, 11) is 0.